The Balaban J connectivity index is 1.28. The second-order valence-corrected chi connectivity index (χ2v) is 8.16. The summed E-state index contributed by atoms with van der Waals surface area (Å²) in [6.45, 7) is 5.11. The summed E-state index contributed by atoms with van der Waals surface area (Å²) in [5.74, 6) is 1.50. The number of hydrogen-bond acceptors (Lipinski definition) is 6. The highest BCUT2D eigenvalue weighted by molar-refractivity contribution is 5.77. The average Bonchev–Trinajstić information content (AvgIpc) is 3.51. The van der Waals surface area contributed by atoms with Crippen LogP contribution in [0.5, 0.6) is 11.5 Å². The first kappa shape index (κ1) is 21.5. The van der Waals surface area contributed by atoms with E-state index in [1.54, 1.807) is 0 Å². The van der Waals surface area contributed by atoms with E-state index in [2.05, 4.69) is 10.2 Å². The predicted molar refractivity (Wildman–Crippen MR) is 124 cm³/mol. The molecule has 2 aliphatic heterocycles. The fourth-order valence-electron chi connectivity index (χ4n) is 4.11. The highest BCUT2D eigenvalue weighted by Gasteiger charge is 2.19. The number of benzene rings is 2. The standard InChI is InChI=1S/C25H28N4O4/c30-24(26-10-11-28-12-14-31-15-13-28)9-7-20-17-29(21-4-2-1-3-5-21)27-25(20)19-6-8-22-23(16-19)33-18-32-22/h1-6,8,16-17H,7,9-15,18H2,(H,26,30). The van der Waals surface area contributed by atoms with Gasteiger partial charge in [0.15, 0.2) is 11.5 Å². The van der Waals surface area contributed by atoms with Crippen molar-refractivity contribution in [3.8, 4) is 28.4 Å². The number of fused-ring (bicyclic) bond motifs is 1. The maximum atomic E-state index is 12.5. The van der Waals surface area contributed by atoms with Crippen molar-refractivity contribution in [3.05, 3.63) is 60.3 Å². The minimum atomic E-state index is 0.0485. The number of nitrogens with one attached hydrogen (secondary N) is 1. The number of aryl methyl sites for hydroxylation is 1. The Morgan fingerprint density at radius 2 is 1.85 bits per heavy atom. The molecule has 172 valence electrons. The molecule has 0 bridgehead atoms. The molecule has 1 amide bonds. The molecule has 0 spiro atoms. The van der Waals surface area contributed by atoms with E-state index in [0.29, 0.717) is 25.1 Å². The van der Waals surface area contributed by atoms with Crippen LogP contribution in [-0.2, 0) is 16.0 Å². The molecule has 2 aliphatic rings. The van der Waals surface area contributed by atoms with Crippen LogP contribution in [0.4, 0.5) is 0 Å². The molecule has 8 nitrogen and oxygen atoms in total. The van der Waals surface area contributed by atoms with Crippen molar-refractivity contribution >= 4 is 5.91 Å². The monoisotopic (exact) mass is 448 g/mol. The van der Waals surface area contributed by atoms with Crippen molar-refractivity contribution in [1.82, 2.24) is 20.0 Å². The number of carbonyl (C=O) groups excluding carboxylic acids is 1. The summed E-state index contributed by atoms with van der Waals surface area (Å²) in [5, 5.41) is 7.89. The Kier molecular flexibility index (Phi) is 6.55. The minimum Gasteiger partial charge on any atom is -0.454 e. The molecule has 0 radical (unpaired) electrons. The lowest BCUT2D eigenvalue weighted by atomic mass is 10.0. The van der Waals surface area contributed by atoms with Gasteiger partial charge >= 0.3 is 0 Å². The van der Waals surface area contributed by atoms with Gasteiger partial charge in [0.2, 0.25) is 12.7 Å². The van der Waals surface area contributed by atoms with Gasteiger partial charge in [-0.2, -0.15) is 5.10 Å². The van der Waals surface area contributed by atoms with Crippen molar-refractivity contribution in [2.45, 2.75) is 12.8 Å². The number of para-hydroxylation sites is 1. The molecule has 0 saturated carbocycles. The molecule has 1 N–H and O–H groups in total. The van der Waals surface area contributed by atoms with Gasteiger partial charge in [0.1, 0.15) is 0 Å². The van der Waals surface area contributed by atoms with Crippen LogP contribution in [-0.4, -0.2) is 66.8 Å². The molecule has 3 heterocycles. The molecule has 2 aromatic carbocycles. The summed E-state index contributed by atoms with van der Waals surface area (Å²) >= 11 is 0. The summed E-state index contributed by atoms with van der Waals surface area (Å²) in [4.78, 5) is 14.8. The topological polar surface area (TPSA) is 77.9 Å². The lowest BCUT2D eigenvalue weighted by molar-refractivity contribution is -0.121. The zero-order chi connectivity index (χ0) is 22.5. The molecular weight excluding hydrogens is 420 g/mol. The first-order chi connectivity index (χ1) is 16.3. The Hall–Kier alpha value is -3.36. The molecule has 33 heavy (non-hydrogen) atoms. The third kappa shape index (κ3) is 5.18. The van der Waals surface area contributed by atoms with E-state index in [4.69, 9.17) is 19.3 Å². The fraction of sp³-hybridized carbons (Fsp3) is 0.360. The van der Waals surface area contributed by atoms with Crippen molar-refractivity contribution < 1.29 is 19.0 Å². The maximum absolute atomic E-state index is 12.5. The quantitative estimate of drug-likeness (QED) is 0.571. The number of rotatable bonds is 8. The second kappa shape index (κ2) is 10.1. The fourth-order valence-corrected chi connectivity index (χ4v) is 4.11. The van der Waals surface area contributed by atoms with Crippen LogP contribution in [0.3, 0.4) is 0 Å². The number of nitrogens with zero attached hydrogens (tertiary/aromatic N) is 3. The number of carbonyl (C=O) groups is 1. The van der Waals surface area contributed by atoms with Crippen LogP contribution in [0.15, 0.2) is 54.7 Å². The van der Waals surface area contributed by atoms with E-state index >= 15 is 0 Å². The van der Waals surface area contributed by atoms with Gasteiger partial charge < -0.3 is 19.5 Å². The zero-order valence-corrected chi connectivity index (χ0v) is 18.5. The highest BCUT2D eigenvalue weighted by Crippen LogP contribution is 2.36. The Morgan fingerprint density at radius 3 is 2.70 bits per heavy atom. The van der Waals surface area contributed by atoms with Gasteiger partial charge in [-0.05, 0) is 42.3 Å². The van der Waals surface area contributed by atoms with Gasteiger partial charge in [0.25, 0.3) is 0 Å². The van der Waals surface area contributed by atoms with Crippen LogP contribution < -0.4 is 14.8 Å². The highest BCUT2D eigenvalue weighted by atomic mass is 16.7. The van der Waals surface area contributed by atoms with E-state index in [9.17, 15) is 4.79 Å². The molecule has 0 aliphatic carbocycles. The smallest absolute Gasteiger partial charge is 0.231 e. The van der Waals surface area contributed by atoms with Gasteiger partial charge in [-0.3, -0.25) is 9.69 Å². The van der Waals surface area contributed by atoms with Crippen molar-refractivity contribution in [1.29, 1.82) is 0 Å². The average molecular weight is 449 g/mol. The summed E-state index contributed by atoms with van der Waals surface area (Å²) in [7, 11) is 0. The molecular formula is C25H28N4O4. The summed E-state index contributed by atoms with van der Waals surface area (Å²) in [6.07, 6.45) is 3.01. The molecule has 8 heteroatoms. The van der Waals surface area contributed by atoms with Crippen molar-refractivity contribution in [2.24, 2.45) is 0 Å². The number of ether oxygens (including phenoxy) is 3. The van der Waals surface area contributed by atoms with Crippen LogP contribution in [0.25, 0.3) is 16.9 Å². The van der Waals surface area contributed by atoms with E-state index < -0.39 is 0 Å². The van der Waals surface area contributed by atoms with Crippen LogP contribution in [0, 0.1) is 0 Å². The Bertz CT molecular complexity index is 1090. The number of hydrogen-bond donors (Lipinski definition) is 1. The van der Waals surface area contributed by atoms with E-state index in [1.165, 1.54) is 0 Å². The summed E-state index contributed by atoms with van der Waals surface area (Å²) in [6, 6.07) is 15.8. The number of morpholine rings is 1. The zero-order valence-electron chi connectivity index (χ0n) is 18.5. The van der Waals surface area contributed by atoms with Crippen molar-refractivity contribution in [2.75, 3.05) is 46.2 Å². The third-order valence-corrected chi connectivity index (χ3v) is 5.93. The third-order valence-electron chi connectivity index (χ3n) is 5.93. The maximum Gasteiger partial charge on any atom is 0.231 e. The Labute approximate surface area is 193 Å². The SMILES string of the molecule is O=C(CCc1cn(-c2ccccc2)nc1-c1ccc2c(c1)OCO2)NCCN1CCOCC1. The van der Waals surface area contributed by atoms with Gasteiger partial charge in [-0.1, -0.05) is 18.2 Å². The van der Waals surface area contributed by atoms with Gasteiger partial charge in [0, 0.05) is 44.4 Å². The lowest BCUT2D eigenvalue weighted by Gasteiger charge is -2.26. The van der Waals surface area contributed by atoms with Crippen LogP contribution >= 0.6 is 0 Å². The molecule has 1 saturated heterocycles. The summed E-state index contributed by atoms with van der Waals surface area (Å²) < 4.78 is 18.2. The largest absolute Gasteiger partial charge is 0.454 e. The number of amides is 1. The van der Waals surface area contributed by atoms with E-state index in [-0.39, 0.29) is 12.7 Å². The minimum absolute atomic E-state index is 0.0485. The molecule has 1 aromatic heterocycles. The molecule has 0 atom stereocenters. The molecule has 3 aromatic rings. The van der Waals surface area contributed by atoms with E-state index in [0.717, 1.165) is 61.1 Å². The molecule has 0 unspecified atom stereocenters. The Morgan fingerprint density at radius 1 is 1.03 bits per heavy atom. The van der Waals surface area contributed by atoms with Gasteiger partial charge in [0.05, 0.1) is 24.6 Å². The second-order valence-electron chi connectivity index (χ2n) is 8.16. The van der Waals surface area contributed by atoms with Gasteiger partial charge in [-0.15, -0.1) is 0 Å². The van der Waals surface area contributed by atoms with Crippen LogP contribution in [0.2, 0.25) is 0 Å². The normalized spacial score (nSPS) is 15.5. The molecule has 1 fully saturated rings. The first-order valence-electron chi connectivity index (χ1n) is 11.4. The van der Waals surface area contributed by atoms with Gasteiger partial charge in [-0.25, -0.2) is 4.68 Å². The molecule has 5 rings (SSSR count). The first-order valence-corrected chi connectivity index (χ1v) is 11.4. The summed E-state index contributed by atoms with van der Waals surface area (Å²) in [5.41, 5.74) is 3.77. The lowest BCUT2D eigenvalue weighted by Crippen LogP contribution is -2.41. The van der Waals surface area contributed by atoms with Crippen molar-refractivity contribution in [3.63, 3.8) is 0 Å². The number of aromatic nitrogens is 2. The van der Waals surface area contributed by atoms with E-state index in [1.807, 2.05) is 59.4 Å². The predicted octanol–water partition coefficient (Wildman–Crippen LogP) is 2.65. The van der Waals surface area contributed by atoms with Crippen LogP contribution in [0.1, 0.15) is 12.0 Å².